The van der Waals surface area contributed by atoms with Gasteiger partial charge in [0.05, 0.1) is 31.4 Å². The first kappa shape index (κ1) is 19.0. The van der Waals surface area contributed by atoms with Crippen LogP contribution >= 0.6 is 12.2 Å². The number of thiocarbonyl (C=S) groups is 1. The number of rotatable bonds is 8. The quantitative estimate of drug-likeness (QED) is 0.700. The molecule has 0 heterocycles. The van der Waals surface area contributed by atoms with Crippen molar-refractivity contribution in [3.8, 4) is 11.5 Å². The summed E-state index contributed by atoms with van der Waals surface area (Å²) in [6.07, 6.45) is 3.53. The van der Waals surface area contributed by atoms with Gasteiger partial charge in [0, 0.05) is 12.0 Å². The van der Waals surface area contributed by atoms with Gasteiger partial charge in [-0.3, -0.25) is 0 Å². The van der Waals surface area contributed by atoms with E-state index in [0.29, 0.717) is 28.5 Å². The Labute approximate surface area is 149 Å². The number of benzene rings is 1. The van der Waals surface area contributed by atoms with E-state index in [2.05, 4.69) is 0 Å². The zero-order chi connectivity index (χ0) is 17.7. The highest BCUT2D eigenvalue weighted by Gasteiger charge is 2.28. The van der Waals surface area contributed by atoms with Gasteiger partial charge in [0.1, 0.15) is 17.6 Å². The monoisotopic (exact) mass is 353 g/mol. The van der Waals surface area contributed by atoms with E-state index in [1.165, 1.54) is 0 Å². The molecule has 5 nitrogen and oxygen atoms in total. The molecule has 1 aromatic rings. The summed E-state index contributed by atoms with van der Waals surface area (Å²) >= 11 is 5.04. The summed E-state index contributed by atoms with van der Waals surface area (Å²) in [4.78, 5) is 0.336. The van der Waals surface area contributed by atoms with E-state index in [4.69, 9.17) is 32.2 Å². The number of methoxy groups -OCH3 is 2. The molecule has 24 heavy (non-hydrogen) atoms. The van der Waals surface area contributed by atoms with Crippen molar-refractivity contribution in [3.05, 3.63) is 23.3 Å². The van der Waals surface area contributed by atoms with Gasteiger partial charge in [-0.05, 0) is 37.5 Å². The summed E-state index contributed by atoms with van der Waals surface area (Å²) < 4.78 is 16.9. The molecule has 1 aliphatic rings. The zero-order valence-corrected chi connectivity index (χ0v) is 15.4. The minimum atomic E-state index is -0.851. The van der Waals surface area contributed by atoms with E-state index in [-0.39, 0.29) is 6.10 Å². The van der Waals surface area contributed by atoms with Gasteiger partial charge in [0.25, 0.3) is 0 Å². The Morgan fingerprint density at radius 2 is 1.79 bits per heavy atom. The summed E-state index contributed by atoms with van der Waals surface area (Å²) in [5.74, 6) is 1.33. The molecule has 1 aliphatic carbocycles. The third-order valence-electron chi connectivity index (χ3n) is 4.54. The van der Waals surface area contributed by atoms with Crippen LogP contribution in [0.1, 0.15) is 49.3 Å². The topological polar surface area (TPSA) is 73.9 Å². The second-order valence-electron chi connectivity index (χ2n) is 6.25. The third-order valence-corrected chi connectivity index (χ3v) is 4.71. The Kier molecular flexibility index (Phi) is 6.83. The van der Waals surface area contributed by atoms with Crippen LogP contribution in [0.4, 0.5) is 0 Å². The summed E-state index contributed by atoms with van der Waals surface area (Å²) in [7, 11) is 3.19. The molecule has 3 N–H and O–H groups in total. The molecule has 2 atom stereocenters. The fourth-order valence-electron chi connectivity index (χ4n) is 3.20. The number of hydrogen-bond acceptors (Lipinski definition) is 5. The molecular formula is C18H27NO4S. The van der Waals surface area contributed by atoms with Crippen molar-refractivity contribution in [2.45, 2.75) is 57.3 Å². The second kappa shape index (κ2) is 8.65. The van der Waals surface area contributed by atoms with E-state index in [0.717, 1.165) is 31.2 Å². The number of nitrogens with two attached hydrogens (primary N) is 1. The minimum absolute atomic E-state index is 0.160. The normalized spacial score (nSPS) is 17.5. The van der Waals surface area contributed by atoms with Gasteiger partial charge in [-0.1, -0.05) is 25.1 Å². The van der Waals surface area contributed by atoms with Crippen molar-refractivity contribution < 1.29 is 19.3 Å². The maximum Gasteiger partial charge on any atom is 0.125 e. The summed E-state index contributed by atoms with van der Waals surface area (Å²) in [6.45, 7) is 1.91. The fourth-order valence-corrected chi connectivity index (χ4v) is 3.36. The predicted octanol–water partition coefficient (Wildman–Crippen LogP) is 3.05. The Balaban J connectivity index is 2.26. The van der Waals surface area contributed by atoms with Crippen molar-refractivity contribution in [3.63, 3.8) is 0 Å². The van der Waals surface area contributed by atoms with E-state index in [9.17, 15) is 5.11 Å². The molecule has 1 aromatic carbocycles. The lowest BCUT2D eigenvalue weighted by Crippen LogP contribution is -2.31. The number of aliphatic hydroxyl groups is 1. The molecule has 1 saturated carbocycles. The van der Waals surface area contributed by atoms with Gasteiger partial charge in [-0.2, -0.15) is 0 Å². The van der Waals surface area contributed by atoms with Crippen LogP contribution in [-0.4, -0.2) is 36.5 Å². The maximum absolute atomic E-state index is 10.9. The summed E-state index contributed by atoms with van der Waals surface area (Å²) in [5, 5.41) is 10.9. The van der Waals surface area contributed by atoms with Gasteiger partial charge in [0.15, 0.2) is 0 Å². The lowest BCUT2D eigenvalue weighted by Gasteiger charge is -2.27. The Bertz CT molecular complexity index is 547. The molecule has 0 spiro atoms. The van der Waals surface area contributed by atoms with Crippen molar-refractivity contribution in [2.24, 2.45) is 5.73 Å². The molecule has 0 radical (unpaired) electrons. The zero-order valence-electron chi connectivity index (χ0n) is 14.6. The number of ether oxygens (including phenoxy) is 3. The highest BCUT2D eigenvalue weighted by atomic mass is 32.1. The van der Waals surface area contributed by atoms with Crippen LogP contribution in [0.3, 0.4) is 0 Å². The van der Waals surface area contributed by atoms with E-state index >= 15 is 0 Å². The molecule has 0 aromatic heterocycles. The molecular weight excluding hydrogens is 326 g/mol. The fraction of sp³-hybridized carbons (Fsp3) is 0.611. The second-order valence-corrected chi connectivity index (χ2v) is 6.77. The summed E-state index contributed by atoms with van der Waals surface area (Å²) in [6, 6.07) is 3.63. The molecule has 134 valence electrons. The molecule has 0 amide bonds. The molecule has 0 bridgehead atoms. The molecule has 2 unspecified atom stereocenters. The van der Waals surface area contributed by atoms with Crippen LogP contribution in [-0.2, 0) is 4.74 Å². The smallest absolute Gasteiger partial charge is 0.125 e. The van der Waals surface area contributed by atoms with E-state index in [1.54, 1.807) is 14.2 Å². The first-order valence-corrected chi connectivity index (χ1v) is 8.71. The van der Waals surface area contributed by atoms with Gasteiger partial charge < -0.3 is 25.1 Å². The minimum Gasteiger partial charge on any atom is -0.496 e. The highest BCUT2D eigenvalue weighted by molar-refractivity contribution is 7.80. The van der Waals surface area contributed by atoms with Gasteiger partial charge in [-0.25, -0.2) is 0 Å². The average molecular weight is 353 g/mol. The lowest BCUT2D eigenvalue weighted by molar-refractivity contribution is -0.0718. The Morgan fingerprint density at radius 3 is 2.25 bits per heavy atom. The van der Waals surface area contributed by atoms with E-state index in [1.807, 2.05) is 19.1 Å². The van der Waals surface area contributed by atoms with Crippen molar-refractivity contribution in [1.82, 2.24) is 0 Å². The third kappa shape index (κ3) is 4.59. The number of hydrogen-bond donors (Lipinski definition) is 2. The molecule has 2 rings (SSSR count). The maximum atomic E-state index is 10.9. The Morgan fingerprint density at radius 1 is 1.25 bits per heavy atom. The van der Waals surface area contributed by atoms with Crippen LogP contribution in [0.5, 0.6) is 11.5 Å². The largest absolute Gasteiger partial charge is 0.496 e. The first-order valence-electron chi connectivity index (χ1n) is 8.30. The van der Waals surface area contributed by atoms with Crippen molar-refractivity contribution >= 4 is 17.2 Å². The van der Waals surface area contributed by atoms with Gasteiger partial charge in [-0.15, -0.1) is 0 Å². The Hall–Kier alpha value is -1.37. The molecule has 0 aliphatic heterocycles. The van der Waals surface area contributed by atoms with Gasteiger partial charge >= 0.3 is 0 Å². The van der Waals surface area contributed by atoms with Crippen molar-refractivity contribution in [1.29, 1.82) is 0 Å². The molecule has 0 saturated heterocycles. The van der Waals surface area contributed by atoms with Crippen molar-refractivity contribution in [2.75, 3.05) is 14.2 Å². The van der Waals surface area contributed by atoms with Crippen LogP contribution < -0.4 is 15.2 Å². The van der Waals surface area contributed by atoms with Crippen LogP contribution in [0.15, 0.2) is 12.1 Å². The van der Waals surface area contributed by atoms with Gasteiger partial charge in [0.2, 0.25) is 0 Å². The van der Waals surface area contributed by atoms with E-state index < -0.39 is 12.2 Å². The summed E-state index contributed by atoms with van der Waals surface area (Å²) in [5.41, 5.74) is 7.27. The predicted molar refractivity (Wildman–Crippen MR) is 97.8 cm³/mol. The first-order chi connectivity index (χ1) is 11.5. The van der Waals surface area contributed by atoms with Crippen LogP contribution in [0, 0.1) is 6.92 Å². The lowest BCUT2D eigenvalue weighted by atomic mass is 9.99. The molecule has 1 fully saturated rings. The SMILES string of the molecule is COc1cc(C(O)C(CC(N)=S)OC2CCCC2)cc(OC)c1C. The average Bonchev–Trinajstić information content (AvgIpc) is 3.06. The molecule has 6 heteroatoms. The standard InChI is InChI=1S/C18H27NO4S/c1-11-14(21-2)8-12(9-15(11)22-3)18(20)16(10-17(19)24)23-13-6-4-5-7-13/h8-9,13,16,18,20H,4-7,10H2,1-3H3,(H2,19,24). The number of aliphatic hydroxyl groups excluding tert-OH is 1. The van der Waals surface area contributed by atoms with Crippen LogP contribution in [0.2, 0.25) is 0 Å². The van der Waals surface area contributed by atoms with Crippen LogP contribution in [0.25, 0.3) is 0 Å². The highest BCUT2D eigenvalue weighted by Crippen LogP contribution is 2.35.